The molecule has 0 amide bonds. The van der Waals surface area contributed by atoms with Crippen LogP contribution in [0.25, 0.3) is 0 Å². The zero-order valence-electron chi connectivity index (χ0n) is 8.02. The van der Waals surface area contributed by atoms with Crippen LogP contribution in [0.4, 0.5) is 0 Å². The Balaban J connectivity index is 2.44. The van der Waals surface area contributed by atoms with Crippen molar-refractivity contribution in [2.24, 2.45) is 11.8 Å². The number of hydrogen-bond donors (Lipinski definition) is 0. The highest BCUT2D eigenvalue weighted by molar-refractivity contribution is 5.54. The SMILES string of the molecule is CC#CC1=C(C#CC)C2C=CC1C2. The number of hydrogen-bond acceptors (Lipinski definition) is 0. The van der Waals surface area contributed by atoms with Gasteiger partial charge in [-0.05, 0) is 20.3 Å². The normalized spacial score (nSPS) is 28.2. The highest BCUT2D eigenvalue weighted by Gasteiger charge is 2.33. The van der Waals surface area contributed by atoms with Gasteiger partial charge in [-0.1, -0.05) is 24.0 Å². The Hall–Kier alpha value is -1.40. The zero-order chi connectivity index (χ0) is 9.26. The summed E-state index contributed by atoms with van der Waals surface area (Å²) in [5.41, 5.74) is 2.54. The maximum Gasteiger partial charge on any atom is 0.0211 e. The molecule has 13 heavy (non-hydrogen) atoms. The Morgan fingerprint density at radius 1 is 1.00 bits per heavy atom. The highest BCUT2D eigenvalue weighted by atomic mass is 14.3. The Morgan fingerprint density at radius 2 is 1.46 bits per heavy atom. The fraction of sp³-hybridized carbons (Fsp3) is 0.385. The van der Waals surface area contributed by atoms with Crippen LogP contribution in [0.1, 0.15) is 20.3 Å². The van der Waals surface area contributed by atoms with Gasteiger partial charge in [-0.25, -0.2) is 0 Å². The Morgan fingerprint density at radius 3 is 1.85 bits per heavy atom. The molecule has 0 aromatic rings. The molecule has 2 unspecified atom stereocenters. The first-order valence-corrected chi connectivity index (χ1v) is 4.64. The Bertz CT molecular complexity index is 361. The highest BCUT2D eigenvalue weighted by Crippen LogP contribution is 2.43. The molecule has 0 spiro atoms. The van der Waals surface area contributed by atoms with E-state index in [1.165, 1.54) is 17.6 Å². The summed E-state index contributed by atoms with van der Waals surface area (Å²) in [7, 11) is 0. The van der Waals surface area contributed by atoms with Gasteiger partial charge in [-0.3, -0.25) is 0 Å². The standard InChI is InChI=1S/C13H12/c1-3-5-12-10-7-8-11(9-10)13(12)6-4-2/h7-8,10-11H,9H2,1-2H3. The smallest absolute Gasteiger partial charge is 0.0211 e. The molecule has 0 saturated carbocycles. The summed E-state index contributed by atoms with van der Waals surface area (Å²) in [6.45, 7) is 3.78. The van der Waals surface area contributed by atoms with Crippen LogP contribution in [-0.2, 0) is 0 Å². The molecular weight excluding hydrogens is 156 g/mol. The van der Waals surface area contributed by atoms with Gasteiger partial charge in [0.25, 0.3) is 0 Å². The molecule has 0 aromatic heterocycles. The maximum absolute atomic E-state index is 3.19. The second-order valence-corrected chi connectivity index (χ2v) is 3.41. The molecule has 0 N–H and O–H groups in total. The van der Waals surface area contributed by atoms with Crippen LogP contribution in [0.5, 0.6) is 0 Å². The quantitative estimate of drug-likeness (QED) is 0.385. The van der Waals surface area contributed by atoms with E-state index in [9.17, 15) is 0 Å². The van der Waals surface area contributed by atoms with E-state index in [1.807, 2.05) is 13.8 Å². The third kappa shape index (κ3) is 1.20. The lowest BCUT2D eigenvalue weighted by atomic mass is 9.98. The van der Waals surface area contributed by atoms with Crippen LogP contribution < -0.4 is 0 Å². The van der Waals surface area contributed by atoms with Crippen molar-refractivity contribution >= 4 is 0 Å². The molecule has 2 rings (SSSR count). The molecule has 0 aliphatic heterocycles. The van der Waals surface area contributed by atoms with E-state index < -0.39 is 0 Å². The molecule has 0 saturated heterocycles. The van der Waals surface area contributed by atoms with E-state index in [0.717, 1.165) is 0 Å². The second-order valence-electron chi connectivity index (χ2n) is 3.41. The molecule has 0 aromatic carbocycles. The van der Waals surface area contributed by atoms with Crippen LogP contribution in [0.3, 0.4) is 0 Å². The minimum atomic E-state index is 0.563. The van der Waals surface area contributed by atoms with Gasteiger partial charge in [0, 0.05) is 23.0 Å². The van der Waals surface area contributed by atoms with Crippen molar-refractivity contribution in [3.05, 3.63) is 23.3 Å². The van der Waals surface area contributed by atoms with Crippen LogP contribution in [-0.4, -0.2) is 0 Å². The Kier molecular flexibility index (Phi) is 1.99. The lowest BCUT2D eigenvalue weighted by molar-refractivity contribution is 0.715. The third-order valence-corrected chi connectivity index (χ3v) is 2.63. The molecular formula is C13H12. The molecule has 2 aliphatic carbocycles. The summed E-state index contributed by atoms with van der Waals surface area (Å²) < 4.78 is 0. The summed E-state index contributed by atoms with van der Waals surface area (Å²) in [5, 5.41) is 0. The first kappa shape index (κ1) is 8.21. The predicted octanol–water partition coefficient (Wildman–Crippen LogP) is 2.54. The van der Waals surface area contributed by atoms with Gasteiger partial charge >= 0.3 is 0 Å². The van der Waals surface area contributed by atoms with E-state index in [2.05, 4.69) is 35.8 Å². The van der Waals surface area contributed by atoms with Gasteiger partial charge in [-0.2, -0.15) is 0 Å². The van der Waals surface area contributed by atoms with Gasteiger partial charge in [0.1, 0.15) is 0 Å². The van der Waals surface area contributed by atoms with Gasteiger partial charge < -0.3 is 0 Å². The van der Waals surface area contributed by atoms with E-state index in [4.69, 9.17) is 0 Å². The third-order valence-electron chi connectivity index (χ3n) is 2.63. The molecule has 0 heterocycles. The van der Waals surface area contributed by atoms with Crippen LogP contribution in [0, 0.1) is 35.5 Å². The lowest BCUT2D eigenvalue weighted by Gasteiger charge is -2.05. The second kappa shape index (κ2) is 3.15. The molecule has 64 valence electrons. The minimum absolute atomic E-state index is 0.563. The molecule has 0 heteroatoms. The van der Waals surface area contributed by atoms with Crippen molar-refractivity contribution in [3.63, 3.8) is 0 Å². The molecule has 2 aliphatic rings. The average molecular weight is 168 g/mol. The van der Waals surface area contributed by atoms with Crippen molar-refractivity contribution in [1.82, 2.24) is 0 Å². The molecule has 0 nitrogen and oxygen atoms in total. The zero-order valence-corrected chi connectivity index (χ0v) is 8.02. The molecule has 2 bridgehead atoms. The van der Waals surface area contributed by atoms with Crippen molar-refractivity contribution in [2.45, 2.75) is 20.3 Å². The van der Waals surface area contributed by atoms with Crippen LogP contribution >= 0.6 is 0 Å². The molecule has 0 fully saturated rings. The van der Waals surface area contributed by atoms with E-state index in [1.54, 1.807) is 0 Å². The predicted molar refractivity (Wildman–Crippen MR) is 54.7 cm³/mol. The lowest BCUT2D eigenvalue weighted by Crippen LogP contribution is -1.95. The van der Waals surface area contributed by atoms with Crippen molar-refractivity contribution < 1.29 is 0 Å². The van der Waals surface area contributed by atoms with E-state index in [0.29, 0.717) is 11.8 Å². The largest absolute Gasteiger partial charge is 0.102 e. The summed E-state index contributed by atoms with van der Waals surface area (Å²) in [4.78, 5) is 0. The van der Waals surface area contributed by atoms with Gasteiger partial charge in [0.2, 0.25) is 0 Å². The summed E-state index contributed by atoms with van der Waals surface area (Å²) in [5.74, 6) is 13.4. The van der Waals surface area contributed by atoms with Crippen molar-refractivity contribution in [1.29, 1.82) is 0 Å². The number of allylic oxidation sites excluding steroid dienone is 4. The van der Waals surface area contributed by atoms with Crippen molar-refractivity contribution in [2.75, 3.05) is 0 Å². The monoisotopic (exact) mass is 168 g/mol. The van der Waals surface area contributed by atoms with E-state index in [-0.39, 0.29) is 0 Å². The fourth-order valence-electron chi connectivity index (χ4n) is 2.12. The average Bonchev–Trinajstić information content (AvgIpc) is 2.69. The minimum Gasteiger partial charge on any atom is -0.102 e. The first-order chi connectivity index (χ1) is 6.36. The van der Waals surface area contributed by atoms with Crippen LogP contribution in [0.15, 0.2) is 23.3 Å². The first-order valence-electron chi connectivity index (χ1n) is 4.64. The summed E-state index contributed by atoms with van der Waals surface area (Å²) in [6, 6.07) is 0. The molecule has 2 atom stereocenters. The van der Waals surface area contributed by atoms with Gasteiger partial charge in [-0.15, -0.1) is 11.8 Å². The van der Waals surface area contributed by atoms with Gasteiger partial charge in [0.05, 0.1) is 0 Å². The fourth-order valence-corrected chi connectivity index (χ4v) is 2.12. The van der Waals surface area contributed by atoms with Crippen molar-refractivity contribution in [3.8, 4) is 23.7 Å². The number of fused-ring (bicyclic) bond motifs is 2. The topological polar surface area (TPSA) is 0 Å². The summed E-state index contributed by atoms with van der Waals surface area (Å²) >= 11 is 0. The Labute approximate surface area is 79.7 Å². The van der Waals surface area contributed by atoms with E-state index >= 15 is 0 Å². The van der Waals surface area contributed by atoms with Crippen LogP contribution in [0.2, 0.25) is 0 Å². The number of rotatable bonds is 0. The summed E-state index contributed by atoms with van der Waals surface area (Å²) in [6.07, 6.45) is 5.74. The maximum atomic E-state index is 3.19. The van der Waals surface area contributed by atoms with Gasteiger partial charge in [0.15, 0.2) is 0 Å². The molecule has 0 radical (unpaired) electrons.